The van der Waals surface area contributed by atoms with Gasteiger partial charge in [-0.2, -0.15) is 0 Å². The second-order valence-corrected chi connectivity index (χ2v) is 6.82. The van der Waals surface area contributed by atoms with E-state index in [-0.39, 0.29) is 17.3 Å². The van der Waals surface area contributed by atoms with Gasteiger partial charge in [-0.1, -0.05) is 44.2 Å². The number of hydrogen-bond acceptors (Lipinski definition) is 3. The second-order valence-electron chi connectivity index (χ2n) is 5.69. The lowest BCUT2D eigenvalue weighted by atomic mass is 10.1. The molecule has 1 aromatic carbocycles. The number of carbonyl (C=O) groups excluding carboxylic acids is 1. The molecule has 1 N–H and O–H groups in total. The molecule has 20 heavy (non-hydrogen) atoms. The third kappa shape index (κ3) is 4.00. The zero-order valence-corrected chi connectivity index (χ0v) is 13.0. The summed E-state index contributed by atoms with van der Waals surface area (Å²) < 4.78 is 0. The Morgan fingerprint density at radius 3 is 2.65 bits per heavy atom. The molecular formula is C16H23NO2S. The fourth-order valence-electron chi connectivity index (χ4n) is 2.43. The third-order valence-electron chi connectivity index (χ3n) is 3.60. The maximum absolute atomic E-state index is 12.5. The van der Waals surface area contributed by atoms with Crippen molar-refractivity contribution in [1.82, 2.24) is 4.90 Å². The zero-order valence-electron chi connectivity index (χ0n) is 12.2. The van der Waals surface area contributed by atoms with E-state index < -0.39 is 0 Å². The third-order valence-corrected chi connectivity index (χ3v) is 5.20. The van der Waals surface area contributed by atoms with Crippen LogP contribution >= 0.6 is 11.8 Å². The van der Waals surface area contributed by atoms with Gasteiger partial charge in [-0.25, -0.2) is 0 Å². The Labute approximate surface area is 125 Å². The Bertz CT molecular complexity index is 435. The quantitative estimate of drug-likeness (QED) is 0.907. The van der Waals surface area contributed by atoms with Crippen molar-refractivity contribution < 1.29 is 9.90 Å². The molecule has 1 aliphatic heterocycles. The Morgan fingerprint density at radius 2 is 2.10 bits per heavy atom. The molecule has 1 amide bonds. The van der Waals surface area contributed by atoms with Crippen LogP contribution < -0.4 is 0 Å². The summed E-state index contributed by atoms with van der Waals surface area (Å²) >= 11 is 1.71. The molecule has 1 saturated heterocycles. The molecule has 2 atom stereocenters. The number of aliphatic hydroxyl groups is 1. The lowest BCUT2D eigenvalue weighted by molar-refractivity contribution is -0.130. The molecule has 3 nitrogen and oxygen atoms in total. The van der Waals surface area contributed by atoms with Gasteiger partial charge >= 0.3 is 0 Å². The summed E-state index contributed by atoms with van der Waals surface area (Å²) in [7, 11) is 0. The van der Waals surface area contributed by atoms with E-state index in [1.54, 1.807) is 11.8 Å². The van der Waals surface area contributed by atoms with Crippen molar-refractivity contribution in [3.63, 3.8) is 0 Å². The normalized spacial score (nSPS) is 20.4. The summed E-state index contributed by atoms with van der Waals surface area (Å²) in [5.74, 6) is 1.33. The van der Waals surface area contributed by atoms with Gasteiger partial charge in [0.25, 0.3) is 0 Å². The van der Waals surface area contributed by atoms with Crippen molar-refractivity contribution in [2.45, 2.75) is 37.4 Å². The minimum Gasteiger partial charge on any atom is -0.391 e. The SMILES string of the molecule is CC(C)C(SCc1ccccc1)C(=O)N1CC[C@@H](O)C1. The van der Waals surface area contributed by atoms with Crippen LogP contribution in [0.25, 0.3) is 0 Å². The molecule has 0 aromatic heterocycles. The van der Waals surface area contributed by atoms with Crippen LogP contribution in [0.4, 0.5) is 0 Å². The molecule has 1 heterocycles. The fraction of sp³-hybridized carbons (Fsp3) is 0.562. The summed E-state index contributed by atoms with van der Waals surface area (Å²) in [5, 5.41) is 9.55. The lowest BCUT2D eigenvalue weighted by Gasteiger charge is -2.25. The highest BCUT2D eigenvalue weighted by Gasteiger charge is 2.31. The monoisotopic (exact) mass is 293 g/mol. The van der Waals surface area contributed by atoms with Gasteiger partial charge in [-0.3, -0.25) is 4.79 Å². The van der Waals surface area contributed by atoms with Crippen LogP contribution in [0.5, 0.6) is 0 Å². The molecule has 1 fully saturated rings. The highest BCUT2D eigenvalue weighted by atomic mass is 32.2. The Hall–Kier alpha value is -1.00. The molecule has 4 heteroatoms. The van der Waals surface area contributed by atoms with Crippen LogP contribution in [-0.2, 0) is 10.5 Å². The highest BCUT2D eigenvalue weighted by molar-refractivity contribution is 7.99. The van der Waals surface area contributed by atoms with Gasteiger partial charge in [0.1, 0.15) is 0 Å². The molecule has 0 aliphatic carbocycles. The summed E-state index contributed by atoms with van der Waals surface area (Å²) in [6.45, 7) is 5.36. The van der Waals surface area contributed by atoms with E-state index in [9.17, 15) is 9.90 Å². The van der Waals surface area contributed by atoms with Crippen molar-refractivity contribution in [2.75, 3.05) is 13.1 Å². The highest BCUT2D eigenvalue weighted by Crippen LogP contribution is 2.27. The summed E-state index contributed by atoms with van der Waals surface area (Å²) in [6.07, 6.45) is 0.366. The molecule has 2 rings (SSSR count). The smallest absolute Gasteiger partial charge is 0.236 e. The molecular weight excluding hydrogens is 270 g/mol. The number of β-amino-alcohol motifs (C(OH)–C–C–N with tert-alkyl or cyclic N) is 1. The van der Waals surface area contributed by atoms with Crippen LogP contribution in [0.3, 0.4) is 0 Å². The van der Waals surface area contributed by atoms with Gasteiger partial charge in [0.05, 0.1) is 11.4 Å². The van der Waals surface area contributed by atoms with E-state index in [4.69, 9.17) is 0 Å². The fourth-order valence-corrected chi connectivity index (χ4v) is 3.67. The number of thioether (sulfide) groups is 1. The van der Waals surface area contributed by atoms with E-state index in [0.717, 1.165) is 5.75 Å². The number of carbonyl (C=O) groups is 1. The number of aliphatic hydroxyl groups excluding tert-OH is 1. The average molecular weight is 293 g/mol. The van der Waals surface area contributed by atoms with Crippen molar-refractivity contribution in [1.29, 1.82) is 0 Å². The molecule has 0 spiro atoms. The van der Waals surface area contributed by atoms with Crippen LogP contribution in [0.2, 0.25) is 0 Å². The van der Waals surface area contributed by atoms with Gasteiger partial charge in [-0.05, 0) is 17.9 Å². The number of hydrogen-bond donors (Lipinski definition) is 1. The van der Waals surface area contributed by atoms with E-state index in [0.29, 0.717) is 25.4 Å². The average Bonchev–Trinajstić information content (AvgIpc) is 2.86. The number of amides is 1. The Morgan fingerprint density at radius 1 is 1.40 bits per heavy atom. The van der Waals surface area contributed by atoms with Gasteiger partial charge < -0.3 is 10.0 Å². The summed E-state index contributed by atoms with van der Waals surface area (Å²) in [5.41, 5.74) is 1.25. The van der Waals surface area contributed by atoms with Crippen LogP contribution in [0.1, 0.15) is 25.8 Å². The largest absolute Gasteiger partial charge is 0.391 e. The van der Waals surface area contributed by atoms with Gasteiger partial charge in [-0.15, -0.1) is 11.8 Å². The topological polar surface area (TPSA) is 40.5 Å². The summed E-state index contributed by atoms with van der Waals surface area (Å²) in [6, 6.07) is 10.2. The maximum Gasteiger partial charge on any atom is 0.236 e. The first kappa shape index (κ1) is 15.4. The zero-order chi connectivity index (χ0) is 14.5. The first-order valence-electron chi connectivity index (χ1n) is 7.20. The predicted molar refractivity (Wildman–Crippen MR) is 83.6 cm³/mol. The van der Waals surface area contributed by atoms with Crippen molar-refractivity contribution >= 4 is 17.7 Å². The standard InChI is InChI=1S/C16H23NO2S/c1-12(2)15(16(19)17-9-8-14(18)10-17)20-11-13-6-4-3-5-7-13/h3-7,12,14-15,18H,8-11H2,1-2H3/t14-,15?/m1/s1. The van der Waals surface area contributed by atoms with Crippen molar-refractivity contribution in [3.05, 3.63) is 35.9 Å². The van der Waals surface area contributed by atoms with Crippen molar-refractivity contribution in [2.24, 2.45) is 5.92 Å². The molecule has 1 aliphatic rings. The number of likely N-dealkylation sites (tertiary alicyclic amines) is 1. The number of benzene rings is 1. The van der Waals surface area contributed by atoms with E-state index in [2.05, 4.69) is 26.0 Å². The van der Waals surface area contributed by atoms with E-state index in [1.165, 1.54) is 5.56 Å². The molecule has 110 valence electrons. The van der Waals surface area contributed by atoms with Crippen LogP contribution in [-0.4, -0.2) is 40.4 Å². The van der Waals surface area contributed by atoms with Gasteiger partial charge in [0.15, 0.2) is 0 Å². The minimum absolute atomic E-state index is 0.0273. The first-order chi connectivity index (χ1) is 9.58. The molecule has 0 bridgehead atoms. The molecule has 0 radical (unpaired) electrons. The van der Waals surface area contributed by atoms with Crippen LogP contribution in [0, 0.1) is 5.92 Å². The Balaban J connectivity index is 1.95. The second kappa shape index (κ2) is 7.14. The predicted octanol–water partition coefficient (Wildman–Crippen LogP) is 2.54. The minimum atomic E-state index is -0.342. The van der Waals surface area contributed by atoms with Crippen LogP contribution in [0.15, 0.2) is 30.3 Å². The molecule has 1 aromatic rings. The van der Waals surface area contributed by atoms with E-state index >= 15 is 0 Å². The maximum atomic E-state index is 12.5. The van der Waals surface area contributed by atoms with Gasteiger partial charge in [0, 0.05) is 18.8 Å². The number of nitrogens with zero attached hydrogens (tertiary/aromatic N) is 1. The lowest BCUT2D eigenvalue weighted by Crippen LogP contribution is -2.39. The Kier molecular flexibility index (Phi) is 5.49. The van der Waals surface area contributed by atoms with E-state index in [1.807, 2.05) is 23.1 Å². The van der Waals surface area contributed by atoms with Gasteiger partial charge in [0.2, 0.25) is 5.91 Å². The first-order valence-corrected chi connectivity index (χ1v) is 8.25. The number of rotatable bonds is 5. The molecule has 0 saturated carbocycles. The van der Waals surface area contributed by atoms with Crippen molar-refractivity contribution in [3.8, 4) is 0 Å². The summed E-state index contributed by atoms with van der Waals surface area (Å²) in [4.78, 5) is 14.4. The molecule has 1 unspecified atom stereocenters.